The van der Waals surface area contributed by atoms with E-state index in [0.717, 1.165) is 32.1 Å². The molecule has 4 heteroatoms. The van der Waals surface area contributed by atoms with E-state index in [1.807, 2.05) is 0 Å². The number of carboxylic acids is 1. The molecule has 0 amide bonds. The summed E-state index contributed by atoms with van der Waals surface area (Å²) in [7, 11) is 0. The lowest BCUT2D eigenvalue weighted by Gasteiger charge is -2.04. The van der Waals surface area contributed by atoms with Crippen molar-refractivity contribution in [1.82, 2.24) is 0 Å². The van der Waals surface area contributed by atoms with Crippen molar-refractivity contribution in [2.24, 2.45) is 0 Å². The van der Waals surface area contributed by atoms with Gasteiger partial charge in [0.1, 0.15) is 0 Å². The molecular weight excluding hydrogens is 520 g/mol. The van der Waals surface area contributed by atoms with Crippen molar-refractivity contribution < 1.29 is 19.4 Å². The van der Waals surface area contributed by atoms with Crippen LogP contribution in [-0.4, -0.2) is 23.7 Å². The zero-order valence-electron chi connectivity index (χ0n) is 29.0. The maximum atomic E-state index is 11.4. The van der Waals surface area contributed by atoms with Crippen LogP contribution in [0.5, 0.6) is 0 Å². The van der Waals surface area contributed by atoms with Gasteiger partial charge in [-0.2, -0.15) is 0 Å². The van der Waals surface area contributed by atoms with Gasteiger partial charge in [-0.25, -0.2) is 0 Å². The number of carbonyl (C=O) groups is 2. The monoisotopic (exact) mass is 597 g/mol. The molecule has 0 bridgehead atoms. The molecule has 0 rings (SSSR count). The zero-order valence-corrected chi connectivity index (χ0v) is 29.0. The number of carbonyl (C=O) groups excluding carboxylic acids is 1. The number of hydrogen-bond acceptors (Lipinski definition) is 3. The molecule has 0 radical (unpaired) electrons. The third-order valence-electron chi connectivity index (χ3n) is 8.24. The largest absolute Gasteiger partial charge is 0.481 e. The molecule has 4 nitrogen and oxygen atoms in total. The average molecular weight is 597 g/mol. The predicted octanol–water partition coefficient (Wildman–Crippen LogP) is 13.1. The molecular formula is C38H76O4. The Balaban J connectivity index is 0. The van der Waals surface area contributed by atoms with E-state index in [-0.39, 0.29) is 5.97 Å². The fourth-order valence-corrected chi connectivity index (χ4v) is 5.34. The van der Waals surface area contributed by atoms with Crippen LogP contribution in [0.15, 0.2) is 0 Å². The summed E-state index contributed by atoms with van der Waals surface area (Å²) >= 11 is 0. The summed E-state index contributed by atoms with van der Waals surface area (Å²) in [4.78, 5) is 21.7. The fourth-order valence-electron chi connectivity index (χ4n) is 5.34. The van der Waals surface area contributed by atoms with Gasteiger partial charge in [-0.3, -0.25) is 9.59 Å². The summed E-state index contributed by atoms with van der Waals surface area (Å²) in [6.07, 6.45) is 40.3. The molecule has 0 aromatic rings. The molecule has 0 aliphatic rings. The van der Waals surface area contributed by atoms with Gasteiger partial charge in [0.05, 0.1) is 6.61 Å². The van der Waals surface area contributed by atoms with Gasteiger partial charge >= 0.3 is 11.9 Å². The Morgan fingerprint density at radius 3 is 0.929 bits per heavy atom. The number of unbranched alkanes of at least 4 members (excludes halogenated alkanes) is 27. The van der Waals surface area contributed by atoms with Crippen LogP contribution in [0.25, 0.3) is 0 Å². The lowest BCUT2D eigenvalue weighted by molar-refractivity contribution is -0.144. The molecule has 0 spiro atoms. The SMILES string of the molecule is CCCCCCCCCCCCCCCC(=O)O.CCCCCCCCCCCCCCCCCC(=O)OCCCC. The Bertz CT molecular complexity index is 519. The van der Waals surface area contributed by atoms with Crippen molar-refractivity contribution in [2.75, 3.05) is 6.61 Å². The Kier molecular flexibility index (Phi) is 41.0. The van der Waals surface area contributed by atoms with E-state index in [4.69, 9.17) is 9.84 Å². The number of hydrogen-bond donors (Lipinski definition) is 1. The summed E-state index contributed by atoms with van der Waals surface area (Å²) < 4.78 is 5.16. The minimum Gasteiger partial charge on any atom is -0.481 e. The Morgan fingerprint density at radius 1 is 0.381 bits per heavy atom. The van der Waals surface area contributed by atoms with E-state index < -0.39 is 5.97 Å². The summed E-state index contributed by atoms with van der Waals surface area (Å²) in [6.45, 7) is 7.26. The topological polar surface area (TPSA) is 63.6 Å². The van der Waals surface area contributed by atoms with E-state index in [1.54, 1.807) is 0 Å². The minimum absolute atomic E-state index is 0.00172. The molecule has 0 unspecified atom stereocenters. The molecule has 0 fully saturated rings. The van der Waals surface area contributed by atoms with Crippen LogP contribution in [0.3, 0.4) is 0 Å². The molecule has 1 N–H and O–H groups in total. The summed E-state index contributed by atoms with van der Waals surface area (Å²) in [5, 5.41) is 8.49. The third-order valence-corrected chi connectivity index (χ3v) is 8.24. The molecule has 0 aromatic carbocycles. The molecule has 0 heterocycles. The molecule has 0 atom stereocenters. The average Bonchev–Trinajstić information content (AvgIpc) is 2.98. The smallest absolute Gasteiger partial charge is 0.305 e. The highest BCUT2D eigenvalue weighted by molar-refractivity contribution is 5.69. The predicted molar refractivity (Wildman–Crippen MR) is 183 cm³/mol. The van der Waals surface area contributed by atoms with Crippen LogP contribution < -0.4 is 0 Å². The first-order chi connectivity index (χ1) is 20.6. The third kappa shape index (κ3) is 43.4. The highest BCUT2D eigenvalue weighted by Crippen LogP contribution is 2.15. The number of rotatable bonds is 33. The van der Waals surface area contributed by atoms with E-state index in [9.17, 15) is 9.59 Å². The highest BCUT2D eigenvalue weighted by Gasteiger charge is 2.02. The van der Waals surface area contributed by atoms with E-state index in [1.165, 1.54) is 161 Å². The van der Waals surface area contributed by atoms with Crippen molar-refractivity contribution >= 4 is 11.9 Å². The van der Waals surface area contributed by atoms with E-state index in [0.29, 0.717) is 19.4 Å². The normalized spacial score (nSPS) is 10.8. The molecule has 42 heavy (non-hydrogen) atoms. The van der Waals surface area contributed by atoms with Gasteiger partial charge in [0.25, 0.3) is 0 Å². The molecule has 0 aliphatic carbocycles. The molecule has 0 aliphatic heterocycles. The molecule has 252 valence electrons. The second-order valence-corrected chi connectivity index (χ2v) is 12.7. The van der Waals surface area contributed by atoms with Gasteiger partial charge in [0.15, 0.2) is 0 Å². The van der Waals surface area contributed by atoms with Crippen molar-refractivity contribution in [2.45, 2.75) is 226 Å². The van der Waals surface area contributed by atoms with Crippen LogP contribution in [0.1, 0.15) is 226 Å². The maximum Gasteiger partial charge on any atom is 0.305 e. The second-order valence-electron chi connectivity index (χ2n) is 12.7. The van der Waals surface area contributed by atoms with Gasteiger partial charge in [-0.15, -0.1) is 0 Å². The van der Waals surface area contributed by atoms with Gasteiger partial charge < -0.3 is 9.84 Å². The van der Waals surface area contributed by atoms with Gasteiger partial charge in [-0.1, -0.05) is 194 Å². The maximum absolute atomic E-state index is 11.4. The second kappa shape index (κ2) is 39.9. The van der Waals surface area contributed by atoms with Crippen LogP contribution in [-0.2, 0) is 14.3 Å². The van der Waals surface area contributed by atoms with Crippen LogP contribution in [0.2, 0.25) is 0 Å². The van der Waals surface area contributed by atoms with Crippen molar-refractivity contribution in [3.8, 4) is 0 Å². The van der Waals surface area contributed by atoms with Gasteiger partial charge in [0.2, 0.25) is 0 Å². The molecule has 0 saturated carbocycles. The van der Waals surface area contributed by atoms with E-state index >= 15 is 0 Å². The van der Waals surface area contributed by atoms with Crippen molar-refractivity contribution in [1.29, 1.82) is 0 Å². The Labute approximate surface area is 263 Å². The van der Waals surface area contributed by atoms with Gasteiger partial charge in [-0.05, 0) is 19.3 Å². The van der Waals surface area contributed by atoms with E-state index in [2.05, 4.69) is 20.8 Å². The highest BCUT2D eigenvalue weighted by atomic mass is 16.5. The molecule has 0 saturated heterocycles. The summed E-state index contributed by atoms with van der Waals surface area (Å²) in [6, 6.07) is 0. The van der Waals surface area contributed by atoms with Crippen LogP contribution in [0.4, 0.5) is 0 Å². The number of ether oxygens (including phenoxy) is 1. The van der Waals surface area contributed by atoms with Crippen molar-refractivity contribution in [3.63, 3.8) is 0 Å². The first kappa shape index (κ1) is 43.1. The Morgan fingerprint density at radius 2 is 0.643 bits per heavy atom. The molecule has 0 aromatic heterocycles. The lowest BCUT2D eigenvalue weighted by atomic mass is 10.0. The minimum atomic E-state index is -0.655. The first-order valence-electron chi connectivity index (χ1n) is 19.0. The van der Waals surface area contributed by atoms with Crippen molar-refractivity contribution in [3.05, 3.63) is 0 Å². The summed E-state index contributed by atoms with van der Waals surface area (Å²) in [5.74, 6) is -0.656. The fraction of sp³-hybridized carbons (Fsp3) is 0.947. The first-order valence-corrected chi connectivity index (χ1v) is 19.0. The lowest BCUT2D eigenvalue weighted by Crippen LogP contribution is -2.05. The van der Waals surface area contributed by atoms with Crippen LogP contribution >= 0.6 is 0 Å². The van der Waals surface area contributed by atoms with Gasteiger partial charge in [0, 0.05) is 12.8 Å². The number of esters is 1. The Hall–Kier alpha value is -1.06. The number of aliphatic carboxylic acids is 1. The standard InChI is InChI=1S/C22H44O2.C16H32O2/c1-3-5-7-8-9-10-11-12-13-14-15-16-17-18-19-20-22(23)24-21-6-4-2;1-2-3-4-5-6-7-8-9-10-11-12-13-14-15-16(17)18/h3-21H2,1-2H3;2-15H2,1H3,(H,17,18). The summed E-state index contributed by atoms with van der Waals surface area (Å²) in [5.41, 5.74) is 0. The number of carboxylic acid groups (broad SMARTS) is 1. The van der Waals surface area contributed by atoms with Crippen LogP contribution in [0, 0.1) is 0 Å². The zero-order chi connectivity index (χ0) is 31.2. The quantitative estimate of drug-likeness (QED) is 0.0604.